The highest BCUT2D eigenvalue weighted by atomic mass is 32.2. The highest BCUT2D eigenvalue weighted by molar-refractivity contribution is 7.89. The number of fused-ring (bicyclic) bond motifs is 1. The van der Waals surface area contributed by atoms with Gasteiger partial charge in [-0.15, -0.1) is 0 Å². The Morgan fingerprint density at radius 3 is 2.57 bits per heavy atom. The number of rotatable bonds is 8. The topological polar surface area (TPSA) is 146 Å². The summed E-state index contributed by atoms with van der Waals surface area (Å²) in [5.74, 6) is -1.06. The molecule has 2 aromatic rings. The first kappa shape index (κ1) is 21.6. The Morgan fingerprint density at radius 1 is 1.17 bits per heavy atom. The van der Waals surface area contributed by atoms with E-state index in [1.807, 2.05) is 0 Å². The highest BCUT2D eigenvalue weighted by Gasteiger charge is 2.31. The maximum atomic E-state index is 12.8. The van der Waals surface area contributed by atoms with E-state index >= 15 is 0 Å². The third-order valence-corrected chi connectivity index (χ3v) is 5.52. The Balaban J connectivity index is 1.65. The molecule has 0 bridgehead atoms. The second kappa shape index (κ2) is 9.13. The van der Waals surface area contributed by atoms with Gasteiger partial charge < -0.3 is 24.1 Å². The third-order valence-electron chi connectivity index (χ3n) is 4.08. The van der Waals surface area contributed by atoms with Crippen molar-refractivity contribution in [2.45, 2.75) is 24.8 Å². The van der Waals surface area contributed by atoms with Gasteiger partial charge in [0.1, 0.15) is 25.5 Å². The van der Waals surface area contributed by atoms with E-state index < -0.39 is 40.5 Å². The summed E-state index contributed by atoms with van der Waals surface area (Å²) in [6.45, 7) is 3.37. The summed E-state index contributed by atoms with van der Waals surface area (Å²) in [4.78, 5) is 24.2. The summed E-state index contributed by atoms with van der Waals surface area (Å²) in [5, 5.41) is 5.86. The van der Waals surface area contributed by atoms with Crippen LogP contribution in [0.5, 0.6) is 11.5 Å². The monoisotopic (exact) mass is 439 g/mol. The van der Waals surface area contributed by atoms with Crippen LogP contribution in [0.25, 0.3) is 0 Å². The van der Waals surface area contributed by atoms with Crippen LogP contribution in [0, 0.1) is 5.92 Å². The SMILES string of the molecule is CC(C)[C@H](NS(=O)(=O)c1ccc2c(c1)OCCO2)C(=O)OCC(=O)Nc1ccon1. The van der Waals surface area contributed by atoms with E-state index in [1.54, 1.807) is 13.8 Å². The molecule has 12 heteroatoms. The minimum absolute atomic E-state index is 0.0889. The maximum absolute atomic E-state index is 12.8. The number of esters is 1. The number of benzene rings is 1. The molecule has 0 unspecified atom stereocenters. The summed E-state index contributed by atoms with van der Waals surface area (Å²) >= 11 is 0. The van der Waals surface area contributed by atoms with E-state index in [0.29, 0.717) is 24.7 Å². The Bertz CT molecular complexity index is 1000. The molecule has 0 aliphatic carbocycles. The quantitative estimate of drug-likeness (QED) is 0.573. The number of amides is 1. The lowest BCUT2D eigenvalue weighted by Gasteiger charge is -2.22. The number of nitrogens with zero attached hydrogens (tertiary/aromatic N) is 1. The van der Waals surface area contributed by atoms with Crippen molar-refractivity contribution in [3.63, 3.8) is 0 Å². The van der Waals surface area contributed by atoms with Gasteiger partial charge >= 0.3 is 5.97 Å². The van der Waals surface area contributed by atoms with E-state index in [1.165, 1.54) is 30.5 Å². The number of sulfonamides is 1. The summed E-state index contributed by atoms with van der Waals surface area (Å²) < 4.78 is 48.2. The van der Waals surface area contributed by atoms with Crippen LogP contribution in [0.3, 0.4) is 0 Å². The number of ether oxygens (including phenoxy) is 3. The molecule has 1 atom stereocenters. The van der Waals surface area contributed by atoms with Gasteiger partial charge in [-0.3, -0.25) is 9.59 Å². The van der Waals surface area contributed by atoms with Gasteiger partial charge in [-0.25, -0.2) is 8.42 Å². The minimum atomic E-state index is -4.07. The number of carbonyl (C=O) groups excluding carboxylic acids is 2. The van der Waals surface area contributed by atoms with Crippen molar-refractivity contribution in [2.75, 3.05) is 25.1 Å². The molecule has 0 radical (unpaired) electrons. The van der Waals surface area contributed by atoms with Gasteiger partial charge in [0.05, 0.1) is 4.90 Å². The molecule has 1 amide bonds. The molecule has 0 spiro atoms. The van der Waals surface area contributed by atoms with Crippen molar-refractivity contribution in [2.24, 2.45) is 5.92 Å². The van der Waals surface area contributed by atoms with Gasteiger partial charge in [0.2, 0.25) is 10.0 Å². The predicted octanol–water partition coefficient (Wildman–Crippen LogP) is 0.931. The third kappa shape index (κ3) is 5.27. The summed E-state index contributed by atoms with van der Waals surface area (Å²) in [6.07, 6.45) is 1.27. The molecule has 162 valence electrons. The Hall–Kier alpha value is -3.12. The molecule has 1 aliphatic rings. The van der Waals surface area contributed by atoms with Crippen LogP contribution >= 0.6 is 0 Å². The van der Waals surface area contributed by atoms with E-state index in [0.717, 1.165) is 0 Å². The molecule has 1 aliphatic heterocycles. The van der Waals surface area contributed by atoms with Crippen LogP contribution in [-0.2, 0) is 24.3 Å². The minimum Gasteiger partial charge on any atom is -0.486 e. The van der Waals surface area contributed by atoms with E-state index in [-0.39, 0.29) is 10.7 Å². The van der Waals surface area contributed by atoms with Crippen molar-refractivity contribution in [3.8, 4) is 11.5 Å². The number of anilines is 1. The molecule has 0 fully saturated rings. The van der Waals surface area contributed by atoms with Crippen LogP contribution in [0.4, 0.5) is 5.82 Å². The Labute approximate surface area is 172 Å². The molecule has 2 heterocycles. The molecular weight excluding hydrogens is 418 g/mol. The molecule has 30 heavy (non-hydrogen) atoms. The lowest BCUT2D eigenvalue weighted by atomic mass is 10.1. The van der Waals surface area contributed by atoms with Crippen molar-refractivity contribution >= 4 is 27.7 Å². The van der Waals surface area contributed by atoms with Crippen molar-refractivity contribution in [1.29, 1.82) is 0 Å². The fraction of sp³-hybridized carbons (Fsp3) is 0.389. The van der Waals surface area contributed by atoms with Crippen LogP contribution in [0.15, 0.2) is 39.9 Å². The number of hydrogen-bond donors (Lipinski definition) is 2. The standard InChI is InChI=1S/C18H21N3O8S/c1-11(2)17(18(23)28-10-16(22)19-15-5-6-29-20-15)21-30(24,25)12-3-4-13-14(9-12)27-8-7-26-13/h3-6,9,11,17,21H,7-8,10H2,1-2H3,(H,19,20,22)/t17-/m0/s1. The summed E-state index contributed by atoms with van der Waals surface area (Å²) in [5.41, 5.74) is 0. The van der Waals surface area contributed by atoms with E-state index in [2.05, 4.69) is 19.7 Å². The van der Waals surface area contributed by atoms with Crippen molar-refractivity contribution in [3.05, 3.63) is 30.5 Å². The van der Waals surface area contributed by atoms with E-state index in [4.69, 9.17) is 14.2 Å². The normalized spacial score (nSPS) is 14.2. The largest absolute Gasteiger partial charge is 0.486 e. The highest BCUT2D eigenvalue weighted by Crippen LogP contribution is 2.32. The van der Waals surface area contributed by atoms with Gasteiger partial charge in [0.25, 0.3) is 5.91 Å². The van der Waals surface area contributed by atoms with Crippen molar-refractivity contribution < 1.29 is 36.7 Å². The smallest absolute Gasteiger partial charge is 0.324 e. The number of nitrogens with one attached hydrogen (secondary N) is 2. The van der Waals surface area contributed by atoms with Gasteiger partial charge in [0, 0.05) is 12.1 Å². The average Bonchev–Trinajstić information content (AvgIpc) is 3.22. The maximum Gasteiger partial charge on any atom is 0.324 e. The second-order valence-corrected chi connectivity index (χ2v) is 8.40. The summed E-state index contributed by atoms with van der Waals surface area (Å²) in [6, 6.07) is 4.37. The second-order valence-electron chi connectivity index (χ2n) is 6.69. The van der Waals surface area contributed by atoms with Crippen LogP contribution in [0.1, 0.15) is 13.8 Å². The molecule has 1 aromatic carbocycles. The summed E-state index contributed by atoms with van der Waals surface area (Å²) in [7, 11) is -4.07. The fourth-order valence-corrected chi connectivity index (χ4v) is 3.91. The van der Waals surface area contributed by atoms with Gasteiger partial charge in [-0.05, 0) is 18.1 Å². The first-order valence-electron chi connectivity index (χ1n) is 9.05. The predicted molar refractivity (Wildman–Crippen MR) is 102 cm³/mol. The molecular formula is C18H21N3O8S. The molecule has 0 saturated carbocycles. The van der Waals surface area contributed by atoms with Gasteiger partial charge in [0.15, 0.2) is 23.9 Å². The zero-order valence-corrected chi connectivity index (χ0v) is 17.1. The molecule has 0 saturated heterocycles. The van der Waals surface area contributed by atoms with Crippen LogP contribution in [-0.4, -0.2) is 51.3 Å². The molecule has 2 N–H and O–H groups in total. The molecule has 3 rings (SSSR count). The average molecular weight is 439 g/mol. The first-order chi connectivity index (χ1) is 14.3. The van der Waals surface area contributed by atoms with Gasteiger partial charge in [-0.2, -0.15) is 4.72 Å². The van der Waals surface area contributed by atoms with E-state index in [9.17, 15) is 18.0 Å². The first-order valence-corrected chi connectivity index (χ1v) is 10.5. The fourth-order valence-electron chi connectivity index (χ4n) is 2.56. The lowest BCUT2D eigenvalue weighted by Crippen LogP contribution is -2.45. The number of aromatic nitrogens is 1. The Morgan fingerprint density at radius 2 is 1.90 bits per heavy atom. The lowest BCUT2D eigenvalue weighted by molar-refractivity contribution is -0.150. The van der Waals surface area contributed by atoms with Crippen LogP contribution < -0.4 is 19.5 Å². The molecule has 11 nitrogen and oxygen atoms in total. The zero-order valence-electron chi connectivity index (χ0n) is 16.3. The van der Waals surface area contributed by atoms with Gasteiger partial charge in [-0.1, -0.05) is 19.0 Å². The van der Waals surface area contributed by atoms with Crippen molar-refractivity contribution in [1.82, 2.24) is 9.88 Å². The number of carbonyl (C=O) groups is 2. The number of hydrogen-bond acceptors (Lipinski definition) is 9. The molecule has 1 aromatic heterocycles. The van der Waals surface area contributed by atoms with Crippen LogP contribution in [0.2, 0.25) is 0 Å². The Kier molecular flexibility index (Phi) is 6.57. The zero-order chi connectivity index (χ0) is 21.7.